The topological polar surface area (TPSA) is 118 Å². The molecule has 0 bridgehead atoms. The van der Waals surface area contributed by atoms with Gasteiger partial charge in [0.1, 0.15) is 6.04 Å². The number of likely N-dealkylation sites (tertiary alicyclic amines) is 1. The summed E-state index contributed by atoms with van der Waals surface area (Å²) in [6.45, 7) is 16.0. The highest BCUT2D eigenvalue weighted by molar-refractivity contribution is 6.34. The SMILES string of the molecule is [C-]#[N+]c1ccc(N2CCC3(CCN(c4ccc(C(=O)N5CCC(N6Cc7cc8c(cc7C6)C(=O)N(C6CCC(=O)NC6=O)C8=O)CC5)cc4)CC3)C2)c(C)c1Cl. The van der Waals surface area contributed by atoms with Crippen molar-refractivity contribution in [1.82, 2.24) is 20.0 Å². The molecule has 12 nitrogen and oxygen atoms in total. The first-order chi connectivity index (χ1) is 27.0. The fraction of sp³-hybridized carbons (Fsp3) is 0.442. The van der Waals surface area contributed by atoms with Crippen molar-refractivity contribution in [3.63, 3.8) is 0 Å². The van der Waals surface area contributed by atoms with Crippen molar-refractivity contribution < 1.29 is 24.0 Å². The molecule has 288 valence electrons. The number of hydrogen-bond donors (Lipinski definition) is 1. The monoisotopic (exact) mass is 773 g/mol. The Morgan fingerprint density at radius 1 is 0.839 bits per heavy atom. The average molecular weight is 774 g/mol. The Morgan fingerprint density at radius 3 is 2.07 bits per heavy atom. The van der Waals surface area contributed by atoms with Crippen LogP contribution in [0.5, 0.6) is 0 Å². The molecule has 13 heteroatoms. The summed E-state index contributed by atoms with van der Waals surface area (Å²) >= 11 is 6.50. The van der Waals surface area contributed by atoms with E-state index in [4.69, 9.17) is 18.2 Å². The second-order valence-corrected chi connectivity index (χ2v) is 16.8. The van der Waals surface area contributed by atoms with Gasteiger partial charge in [0.2, 0.25) is 17.5 Å². The highest BCUT2D eigenvalue weighted by atomic mass is 35.5. The smallest absolute Gasteiger partial charge is 0.262 e. The van der Waals surface area contributed by atoms with E-state index >= 15 is 0 Å². The van der Waals surface area contributed by atoms with Crippen molar-refractivity contribution in [3.05, 3.63) is 98.4 Å². The van der Waals surface area contributed by atoms with Gasteiger partial charge in [-0.15, -0.1) is 0 Å². The molecule has 5 amide bonds. The number of hydrogen-bond acceptors (Lipinski definition) is 8. The summed E-state index contributed by atoms with van der Waals surface area (Å²) in [5.41, 5.74) is 7.40. The van der Waals surface area contributed by atoms with Crippen molar-refractivity contribution in [1.29, 1.82) is 0 Å². The number of imide groups is 2. The Kier molecular flexibility index (Phi) is 9.13. The minimum Gasteiger partial charge on any atom is -0.371 e. The van der Waals surface area contributed by atoms with Gasteiger partial charge in [-0.25, -0.2) is 4.85 Å². The predicted octanol–water partition coefficient (Wildman–Crippen LogP) is 5.72. The summed E-state index contributed by atoms with van der Waals surface area (Å²) in [5, 5.41) is 2.80. The van der Waals surface area contributed by atoms with Crippen molar-refractivity contribution in [2.75, 3.05) is 49.1 Å². The van der Waals surface area contributed by atoms with Gasteiger partial charge in [-0.1, -0.05) is 17.7 Å². The van der Waals surface area contributed by atoms with Crippen LogP contribution in [0.15, 0.2) is 48.5 Å². The third kappa shape index (κ3) is 6.21. The molecular weight excluding hydrogens is 730 g/mol. The number of carbonyl (C=O) groups excluding carboxylic acids is 5. The van der Waals surface area contributed by atoms with E-state index < -0.39 is 29.7 Å². The zero-order valence-corrected chi connectivity index (χ0v) is 32.2. The lowest BCUT2D eigenvalue weighted by Crippen LogP contribution is -2.54. The van der Waals surface area contributed by atoms with Crippen molar-refractivity contribution >= 4 is 58.2 Å². The summed E-state index contributed by atoms with van der Waals surface area (Å²) in [7, 11) is 0. The van der Waals surface area contributed by atoms with E-state index in [1.54, 1.807) is 12.1 Å². The lowest BCUT2D eigenvalue weighted by molar-refractivity contribution is -0.136. The molecule has 1 atom stereocenters. The number of fused-ring (bicyclic) bond motifs is 2. The molecule has 4 saturated heterocycles. The van der Waals surface area contributed by atoms with Gasteiger partial charge in [0.25, 0.3) is 17.7 Å². The van der Waals surface area contributed by atoms with E-state index in [0.717, 1.165) is 91.2 Å². The predicted molar refractivity (Wildman–Crippen MR) is 211 cm³/mol. The maximum atomic E-state index is 13.6. The molecule has 6 heterocycles. The number of nitrogens with zero attached hydrogens (tertiary/aromatic N) is 6. The molecule has 0 aliphatic carbocycles. The molecular formula is C43H44ClN7O5. The van der Waals surface area contributed by atoms with Gasteiger partial charge in [-0.2, -0.15) is 0 Å². The highest BCUT2D eigenvalue weighted by Crippen LogP contribution is 2.45. The van der Waals surface area contributed by atoms with Gasteiger partial charge in [0, 0.05) is 81.8 Å². The van der Waals surface area contributed by atoms with Gasteiger partial charge in [-0.3, -0.25) is 39.1 Å². The average Bonchev–Trinajstić information content (AvgIpc) is 3.89. The molecule has 1 spiro atoms. The molecule has 3 aromatic rings. The molecule has 9 rings (SSSR count). The number of anilines is 2. The summed E-state index contributed by atoms with van der Waals surface area (Å²) in [6.07, 6.45) is 5.26. The van der Waals surface area contributed by atoms with Gasteiger partial charge in [-0.05, 0) is 110 Å². The minimum absolute atomic E-state index is 0.0530. The maximum Gasteiger partial charge on any atom is 0.262 e. The van der Waals surface area contributed by atoms with Crippen LogP contribution in [-0.2, 0) is 22.7 Å². The van der Waals surface area contributed by atoms with Crippen molar-refractivity contribution in [3.8, 4) is 0 Å². The molecule has 0 radical (unpaired) electrons. The number of benzene rings is 3. The zero-order chi connectivity index (χ0) is 38.9. The van der Waals surface area contributed by atoms with Crippen LogP contribution in [0.4, 0.5) is 17.1 Å². The van der Waals surface area contributed by atoms with Crippen LogP contribution in [0.25, 0.3) is 4.85 Å². The van der Waals surface area contributed by atoms with Crippen molar-refractivity contribution in [2.24, 2.45) is 5.41 Å². The van der Waals surface area contributed by atoms with E-state index in [-0.39, 0.29) is 30.2 Å². The summed E-state index contributed by atoms with van der Waals surface area (Å²) < 4.78 is 0. The number of carbonyl (C=O) groups is 5. The molecule has 1 N–H and O–H groups in total. The van der Waals surface area contributed by atoms with Crippen LogP contribution in [0, 0.1) is 18.9 Å². The molecule has 1 unspecified atom stereocenters. The number of halogens is 1. The number of rotatable bonds is 5. The number of nitrogens with one attached hydrogen (secondary N) is 1. The summed E-state index contributed by atoms with van der Waals surface area (Å²) in [6, 6.07) is 14.9. The van der Waals surface area contributed by atoms with E-state index in [1.807, 2.05) is 36.1 Å². The molecule has 56 heavy (non-hydrogen) atoms. The van der Waals surface area contributed by atoms with Gasteiger partial charge < -0.3 is 14.7 Å². The Balaban J connectivity index is 0.764. The largest absolute Gasteiger partial charge is 0.371 e. The quantitative estimate of drug-likeness (QED) is 0.259. The molecule has 3 aromatic carbocycles. The Bertz CT molecular complexity index is 2170. The maximum absolute atomic E-state index is 13.6. The standard InChI is InChI=1S/C43H44ClN7O5/c1-26-35(8-7-34(45-2)38(26)44)49-20-15-43(25-49)13-18-47(19-14-43)30-5-3-27(4-6-30)40(54)48-16-11-31(12-17-48)50-23-28-21-32-33(22-29(28)24-50)42(56)51(41(32)55)36-9-10-37(52)46-39(36)53/h3-8,21-22,31,36H,9-20,23-25H2,1H3,(H,46,52,53). The number of amides is 5. The second-order valence-electron chi connectivity index (χ2n) is 16.4. The Labute approximate surface area is 331 Å². The number of piperidine rings is 3. The van der Waals surface area contributed by atoms with Crippen LogP contribution < -0.4 is 15.1 Å². The first-order valence-corrected chi connectivity index (χ1v) is 20.1. The summed E-state index contributed by atoms with van der Waals surface area (Å²) in [5.74, 6) is -1.91. The molecule has 4 fully saturated rings. The van der Waals surface area contributed by atoms with Crippen LogP contribution in [-0.4, -0.2) is 95.6 Å². The molecule has 0 saturated carbocycles. The molecule has 6 aliphatic rings. The lowest BCUT2D eigenvalue weighted by Gasteiger charge is -2.40. The first-order valence-electron chi connectivity index (χ1n) is 19.7. The fourth-order valence-electron chi connectivity index (χ4n) is 9.96. The van der Waals surface area contributed by atoms with E-state index in [1.165, 1.54) is 0 Å². The van der Waals surface area contributed by atoms with Gasteiger partial charge >= 0.3 is 0 Å². The molecule has 6 aliphatic heterocycles. The van der Waals surface area contributed by atoms with Crippen molar-refractivity contribution in [2.45, 2.75) is 77.0 Å². The third-order valence-corrected chi connectivity index (χ3v) is 13.8. The fourth-order valence-corrected chi connectivity index (χ4v) is 10.2. The van der Waals surface area contributed by atoms with E-state index in [9.17, 15) is 24.0 Å². The normalized spacial score (nSPS) is 22.5. The van der Waals surface area contributed by atoms with E-state index in [0.29, 0.717) is 53.6 Å². The lowest BCUT2D eigenvalue weighted by atomic mass is 9.77. The third-order valence-electron chi connectivity index (χ3n) is 13.3. The van der Waals surface area contributed by atoms with Crippen LogP contribution in [0.1, 0.15) is 92.7 Å². The molecule has 0 aromatic heterocycles. The Morgan fingerprint density at radius 2 is 1.46 bits per heavy atom. The second kappa shape index (κ2) is 14.0. The minimum atomic E-state index is -0.974. The van der Waals surface area contributed by atoms with E-state index in [2.05, 4.69) is 37.0 Å². The van der Waals surface area contributed by atoms with Crippen LogP contribution in [0.3, 0.4) is 0 Å². The zero-order valence-electron chi connectivity index (χ0n) is 31.5. The first kappa shape index (κ1) is 36.4. The highest BCUT2D eigenvalue weighted by Gasteiger charge is 2.46. The van der Waals surface area contributed by atoms with Gasteiger partial charge in [0.15, 0.2) is 0 Å². The summed E-state index contributed by atoms with van der Waals surface area (Å²) in [4.78, 5) is 78.1. The van der Waals surface area contributed by atoms with Crippen LogP contribution in [0.2, 0.25) is 5.02 Å². The van der Waals surface area contributed by atoms with Gasteiger partial charge in [0.05, 0.1) is 22.7 Å². The van der Waals surface area contributed by atoms with Crippen LogP contribution >= 0.6 is 11.6 Å². The Hall–Kier alpha value is -5.25.